The molecule has 0 saturated carbocycles. The van der Waals surface area contributed by atoms with Gasteiger partial charge in [-0.1, -0.05) is 23.4 Å². The third-order valence-electron chi connectivity index (χ3n) is 3.36. The number of carbonyl (C=O) groups excluding carboxylic acids is 1. The van der Waals surface area contributed by atoms with Crippen LogP contribution in [-0.2, 0) is 11.2 Å². The summed E-state index contributed by atoms with van der Waals surface area (Å²) in [6.07, 6.45) is 3.08. The lowest BCUT2D eigenvalue weighted by Gasteiger charge is -2.05. The molecule has 0 spiro atoms. The molecule has 23 heavy (non-hydrogen) atoms. The standard InChI is InChI=1S/C17H16N2O4/c1-21-17(20)16-10-13(23-19-16)6-4-8-22-14-9-12-5-2-3-7-15(12)18-11-14/h2-3,5,7,9-11H,4,6,8H2,1H3. The SMILES string of the molecule is COC(=O)c1cc(CCCOc2cnc3ccccc3c2)on1. The summed E-state index contributed by atoms with van der Waals surface area (Å²) in [6, 6.07) is 11.4. The molecule has 118 valence electrons. The van der Waals surface area contributed by atoms with Crippen LogP contribution < -0.4 is 4.74 Å². The van der Waals surface area contributed by atoms with Gasteiger partial charge in [-0.05, 0) is 18.6 Å². The maximum atomic E-state index is 11.3. The predicted octanol–water partition coefficient (Wildman–Crippen LogP) is 3.02. The molecule has 6 heteroatoms. The van der Waals surface area contributed by atoms with Gasteiger partial charge >= 0.3 is 5.97 Å². The molecule has 0 fully saturated rings. The number of carbonyl (C=O) groups is 1. The Balaban J connectivity index is 1.50. The highest BCUT2D eigenvalue weighted by Crippen LogP contribution is 2.18. The number of esters is 1. The maximum Gasteiger partial charge on any atom is 0.360 e. The molecule has 3 rings (SSSR count). The molecule has 0 atom stereocenters. The van der Waals surface area contributed by atoms with Crippen molar-refractivity contribution in [2.45, 2.75) is 12.8 Å². The van der Waals surface area contributed by atoms with Crippen molar-refractivity contribution in [3.63, 3.8) is 0 Å². The van der Waals surface area contributed by atoms with Crippen LogP contribution in [-0.4, -0.2) is 29.8 Å². The number of para-hydroxylation sites is 1. The molecule has 2 aromatic heterocycles. The molecule has 0 amide bonds. The summed E-state index contributed by atoms with van der Waals surface area (Å²) in [4.78, 5) is 15.6. The lowest BCUT2D eigenvalue weighted by Crippen LogP contribution is -2.01. The second kappa shape index (κ2) is 6.91. The number of aromatic nitrogens is 2. The predicted molar refractivity (Wildman–Crippen MR) is 83.4 cm³/mol. The summed E-state index contributed by atoms with van der Waals surface area (Å²) in [5, 5.41) is 4.70. The molecule has 0 radical (unpaired) electrons. The number of methoxy groups -OCH3 is 1. The van der Waals surface area contributed by atoms with Gasteiger partial charge in [-0.2, -0.15) is 0 Å². The number of rotatable bonds is 6. The molecule has 2 heterocycles. The van der Waals surface area contributed by atoms with Gasteiger partial charge in [0, 0.05) is 17.9 Å². The lowest BCUT2D eigenvalue weighted by molar-refractivity contribution is 0.0589. The number of hydrogen-bond donors (Lipinski definition) is 0. The van der Waals surface area contributed by atoms with Gasteiger partial charge in [0.05, 0.1) is 25.4 Å². The molecule has 3 aromatic rings. The summed E-state index contributed by atoms with van der Waals surface area (Å²) >= 11 is 0. The van der Waals surface area contributed by atoms with Crippen LogP contribution in [0.2, 0.25) is 0 Å². The van der Waals surface area contributed by atoms with Crippen LogP contribution in [0.25, 0.3) is 10.9 Å². The highest BCUT2D eigenvalue weighted by atomic mass is 16.5. The van der Waals surface area contributed by atoms with E-state index in [0.29, 0.717) is 18.8 Å². The Kier molecular flexibility index (Phi) is 4.52. The van der Waals surface area contributed by atoms with E-state index in [-0.39, 0.29) is 5.69 Å². The minimum Gasteiger partial charge on any atom is -0.492 e. The quantitative estimate of drug-likeness (QED) is 0.514. The monoisotopic (exact) mass is 312 g/mol. The fourth-order valence-electron chi connectivity index (χ4n) is 2.20. The van der Waals surface area contributed by atoms with E-state index < -0.39 is 5.97 Å². The van der Waals surface area contributed by atoms with Gasteiger partial charge in [0.2, 0.25) is 0 Å². The Morgan fingerprint density at radius 2 is 2.13 bits per heavy atom. The van der Waals surface area contributed by atoms with E-state index >= 15 is 0 Å². The van der Waals surface area contributed by atoms with E-state index in [4.69, 9.17) is 9.26 Å². The summed E-state index contributed by atoms with van der Waals surface area (Å²) in [6.45, 7) is 0.522. The third kappa shape index (κ3) is 3.66. The Labute approximate surface area is 133 Å². The van der Waals surface area contributed by atoms with Crippen LogP contribution in [0.5, 0.6) is 5.75 Å². The van der Waals surface area contributed by atoms with Crippen LogP contribution in [0.15, 0.2) is 47.1 Å². The smallest absolute Gasteiger partial charge is 0.360 e. The number of pyridine rings is 1. The first-order valence-corrected chi connectivity index (χ1v) is 7.28. The molecular weight excluding hydrogens is 296 g/mol. The maximum absolute atomic E-state index is 11.3. The van der Waals surface area contributed by atoms with Gasteiger partial charge in [-0.25, -0.2) is 4.79 Å². The zero-order valence-corrected chi connectivity index (χ0v) is 12.7. The van der Waals surface area contributed by atoms with Crippen molar-refractivity contribution in [2.75, 3.05) is 13.7 Å². The Morgan fingerprint density at radius 1 is 1.26 bits per heavy atom. The van der Waals surface area contributed by atoms with Crippen molar-refractivity contribution in [3.05, 3.63) is 54.0 Å². The van der Waals surface area contributed by atoms with E-state index in [2.05, 4.69) is 14.9 Å². The third-order valence-corrected chi connectivity index (χ3v) is 3.36. The van der Waals surface area contributed by atoms with Gasteiger partial charge < -0.3 is 14.0 Å². The number of hydrogen-bond acceptors (Lipinski definition) is 6. The number of benzene rings is 1. The van der Waals surface area contributed by atoms with Gasteiger partial charge in [0.15, 0.2) is 5.69 Å². The summed E-state index contributed by atoms with van der Waals surface area (Å²) < 4.78 is 15.3. The molecule has 0 saturated heterocycles. The van der Waals surface area contributed by atoms with Crippen molar-refractivity contribution in [2.24, 2.45) is 0 Å². The van der Waals surface area contributed by atoms with E-state index in [1.54, 1.807) is 12.3 Å². The molecule has 0 aliphatic heterocycles. The summed E-state index contributed by atoms with van der Waals surface area (Å²) in [5.74, 6) is 0.862. The van der Waals surface area contributed by atoms with Crippen molar-refractivity contribution >= 4 is 16.9 Å². The van der Waals surface area contributed by atoms with Crippen molar-refractivity contribution < 1.29 is 18.8 Å². The second-order valence-corrected chi connectivity index (χ2v) is 4.99. The number of aryl methyl sites for hydroxylation is 1. The molecule has 0 N–H and O–H groups in total. The minimum atomic E-state index is -0.501. The second-order valence-electron chi connectivity index (χ2n) is 4.99. The average molecular weight is 312 g/mol. The highest BCUT2D eigenvalue weighted by molar-refractivity contribution is 5.86. The molecule has 0 aliphatic rings. The van der Waals surface area contributed by atoms with Gasteiger partial charge in [-0.15, -0.1) is 0 Å². The molecule has 0 bridgehead atoms. The normalized spacial score (nSPS) is 10.7. The first-order valence-electron chi connectivity index (χ1n) is 7.28. The van der Waals surface area contributed by atoms with E-state index in [1.165, 1.54) is 7.11 Å². The zero-order chi connectivity index (χ0) is 16.1. The first-order chi connectivity index (χ1) is 11.3. The first kappa shape index (κ1) is 15.0. The Hall–Kier alpha value is -2.89. The molecule has 1 aromatic carbocycles. The molecule has 0 aliphatic carbocycles. The van der Waals surface area contributed by atoms with Crippen LogP contribution in [0.3, 0.4) is 0 Å². The summed E-state index contributed by atoms with van der Waals surface area (Å²) in [7, 11) is 1.31. The van der Waals surface area contributed by atoms with Gasteiger partial charge in [0.25, 0.3) is 0 Å². The fourth-order valence-corrected chi connectivity index (χ4v) is 2.20. The Bertz CT molecular complexity index is 813. The van der Waals surface area contributed by atoms with Crippen LogP contribution in [0.4, 0.5) is 0 Å². The van der Waals surface area contributed by atoms with E-state index in [9.17, 15) is 4.79 Å². The van der Waals surface area contributed by atoms with Crippen molar-refractivity contribution in [1.29, 1.82) is 0 Å². The molecular formula is C17H16N2O4. The largest absolute Gasteiger partial charge is 0.492 e. The lowest BCUT2D eigenvalue weighted by atomic mass is 10.2. The minimum absolute atomic E-state index is 0.183. The van der Waals surface area contributed by atoms with Gasteiger partial charge in [0.1, 0.15) is 11.5 Å². The zero-order valence-electron chi connectivity index (χ0n) is 12.7. The van der Waals surface area contributed by atoms with E-state index in [1.807, 2.05) is 30.3 Å². The number of fused-ring (bicyclic) bond motifs is 1. The molecule has 6 nitrogen and oxygen atoms in total. The summed E-state index contributed by atoms with van der Waals surface area (Å²) in [5.41, 5.74) is 1.12. The fraction of sp³-hybridized carbons (Fsp3) is 0.235. The number of nitrogens with zero attached hydrogens (tertiary/aromatic N) is 2. The Morgan fingerprint density at radius 3 is 3.00 bits per heavy atom. The van der Waals surface area contributed by atoms with Crippen molar-refractivity contribution in [1.82, 2.24) is 10.1 Å². The van der Waals surface area contributed by atoms with Gasteiger partial charge in [-0.3, -0.25) is 4.98 Å². The van der Waals surface area contributed by atoms with Crippen LogP contribution in [0.1, 0.15) is 22.7 Å². The van der Waals surface area contributed by atoms with Crippen molar-refractivity contribution in [3.8, 4) is 5.75 Å². The highest BCUT2D eigenvalue weighted by Gasteiger charge is 2.12. The topological polar surface area (TPSA) is 74.5 Å². The average Bonchev–Trinajstić information content (AvgIpc) is 3.07. The van der Waals surface area contributed by atoms with Crippen LogP contribution >= 0.6 is 0 Å². The number of ether oxygens (including phenoxy) is 2. The molecule has 0 unspecified atom stereocenters. The van der Waals surface area contributed by atoms with E-state index in [0.717, 1.165) is 23.1 Å². The van der Waals surface area contributed by atoms with Crippen LogP contribution in [0, 0.1) is 0 Å².